The molecule has 2 aromatic rings. The lowest BCUT2D eigenvalue weighted by Crippen LogP contribution is -2.33. The number of hydrogen-bond donors (Lipinski definition) is 3. The number of aromatic hydroxyl groups is 1. The number of hydrogen-bond acceptors (Lipinski definition) is 4. The Bertz CT molecular complexity index is 612. The SMILES string of the molecule is CC(CC(O)c1ccco1)NC(=O)c1ccc(Cl)cc1O. The van der Waals surface area contributed by atoms with Crippen molar-refractivity contribution in [3.8, 4) is 5.75 Å². The molecule has 1 heterocycles. The minimum Gasteiger partial charge on any atom is -0.507 e. The van der Waals surface area contributed by atoms with Crippen molar-refractivity contribution in [1.29, 1.82) is 0 Å². The maximum absolute atomic E-state index is 12.0. The first kappa shape index (κ1) is 15.4. The number of aliphatic hydroxyl groups is 1. The lowest BCUT2D eigenvalue weighted by atomic mass is 10.1. The third-order valence-corrected chi connectivity index (χ3v) is 3.27. The van der Waals surface area contributed by atoms with Crippen LogP contribution >= 0.6 is 11.6 Å². The largest absolute Gasteiger partial charge is 0.507 e. The highest BCUT2D eigenvalue weighted by Crippen LogP contribution is 2.23. The first-order valence-corrected chi connectivity index (χ1v) is 6.86. The number of nitrogens with one attached hydrogen (secondary N) is 1. The maximum Gasteiger partial charge on any atom is 0.255 e. The molecule has 1 aromatic carbocycles. The summed E-state index contributed by atoms with van der Waals surface area (Å²) >= 11 is 5.72. The number of phenols is 1. The molecule has 2 atom stereocenters. The van der Waals surface area contributed by atoms with Crippen molar-refractivity contribution in [2.24, 2.45) is 0 Å². The van der Waals surface area contributed by atoms with E-state index in [1.165, 1.54) is 24.5 Å². The summed E-state index contributed by atoms with van der Waals surface area (Å²) < 4.78 is 5.10. The van der Waals surface area contributed by atoms with Gasteiger partial charge < -0.3 is 19.9 Å². The van der Waals surface area contributed by atoms with Crippen LogP contribution in [0.5, 0.6) is 5.75 Å². The first-order valence-electron chi connectivity index (χ1n) is 6.48. The summed E-state index contributed by atoms with van der Waals surface area (Å²) in [6.45, 7) is 1.76. The number of carbonyl (C=O) groups excluding carboxylic acids is 1. The molecule has 0 bridgehead atoms. The van der Waals surface area contributed by atoms with Gasteiger partial charge >= 0.3 is 0 Å². The van der Waals surface area contributed by atoms with Gasteiger partial charge in [-0.15, -0.1) is 0 Å². The molecule has 3 N–H and O–H groups in total. The smallest absolute Gasteiger partial charge is 0.255 e. The number of phenolic OH excluding ortho intramolecular Hbond substituents is 1. The molecular formula is C15H16ClNO4. The molecule has 0 radical (unpaired) electrons. The highest BCUT2D eigenvalue weighted by molar-refractivity contribution is 6.30. The minimum absolute atomic E-state index is 0.138. The van der Waals surface area contributed by atoms with Crippen LogP contribution in [0.1, 0.15) is 35.6 Å². The summed E-state index contributed by atoms with van der Waals surface area (Å²) in [5.74, 6) is -0.160. The molecule has 21 heavy (non-hydrogen) atoms. The van der Waals surface area contributed by atoms with Crippen molar-refractivity contribution in [3.05, 3.63) is 52.9 Å². The van der Waals surface area contributed by atoms with Crippen LogP contribution in [0.2, 0.25) is 5.02 Å². The fourth-order valence-corrected chi connectivity index (χ4v) is 2.16. The molecule has 0 aliphatic carbocycles. The molecule has 2 rings (SSSR count). The van der Waals surface area contributed by atoms with E-state index in [0.29, 0.717) is 17.2 Å². The Labute approximate surface area is 127 Å². The summed E-state index contributed by atoms with van der Waals surface area (Å²) in [5, 5.41) is 22.7. The second-order valence-electron chi connectivity index (χ2n) is 4.80. The number of furan rings is 1. The van der Waals surface area contributed by atoms with Gasteiger partial charge in [0.2, 0.25) is 0 Å². The number of benzene rings is 1. The number of halogens is 1. The Morgan fingerprint density at radius 2 is 2.19 bits per heavy atom. The number of amides is 1. The Hall–Kier alpha value is -1.98. The second-order valence-corrected chi connectivity index (χ2v) is 5.24. The van der Waals surface area contributed by atoms with E-state index in [1.54, 1.807) is 19.1 Å². The van der Waals surface area contributed by atoms with Crippen molar-refractivity contribution in [1.82, 2.24) is 5.32 Å². The molecule has 2 unspecified atom stereocenters. The molecule has 0 aliphatic heterocycles. The van der Waals surface area contributed by atoms with Crippen molar-refractivity contribution in [2.75, 3.05) is 0 Å². The van der Waals surface area contributed by atoms with Crippen LogP contribution in [-0.2, 0) is 0 Å². The Balaban J connectivity index is 1.96. The van der Waals surface area contributed by atoms with Crippen molar-refractivity contribution in [2.45, 2.75) is 25.5 Å². The number of aliphatic hydroxyl groups excluding tert-OH is 1. The van der Waals surface area contributed by atoms with Gasteiger partial charge in [0.05, 0.1) is 11.8 Å². The van der Waals surface area contributed by atoms with Crippen LogP contribution in [0.25, 0.3) is 0 Å². The summed E-state index contributed by atoms with van der Waals surface area (Å²) in [7, 11) is 0. The zero-order chi connectivity index (χ0) is 15.4. The normalized spacial score (nSPS) is 13.7. The van der Waals surface area contributed by atoms with Crippen molar-refractivity contribution < 1.29 is 19.4 Å². The molecular weight excluding hydrogens is 294 g/mol. The second kappa shape index (κ2) is 6.65. The van der Waals surface area contributed by atoms with E-state index in [1.807, 2.05) is 0 Å². The van der Waals surface area contributed by atoms with Crippen molar-refractivity contribution in [3.63, 3.8) is 0 Å². The van der Waals surface area contributed by atoms with Gasteiger partial charge in [-0.05, 0) is 37.3 Å². The highest BCUT2D eigenvalue weighted by atomic mass is 35.5. The van der Waals surface area contributed by atoms with Crippen molar-refractivity contribution >= 4 is 17.5 Å². The molecule has 5 nitrogen and oxygen atoms in total. The zero-order valence-electron chi connectivity index (χ0n) is 11.4. The molecule has 6 heteroatoms. The van der Waals surface area contributed by atoms with E-state index in [2.05, 4.69) is 5.32 Å². The maximum atomic E-state index is 12.0. The predicted octanol–water partition coefficient (Wildman–Crippen LogP) is 2.88. The lowest BCUT2D eigenvalue weighted by Gasteiger charge is -2.17. The summed E-state index contributed by atoms with van der Waals surface area (Å²) in [6, 6.07) is 7.34. The Kier molecular flexibility index (Phi) is 4.88. The van der Waals surface area contributed by atoms with E-state index < -0.39 is 12.0 Å². The van der Waals surface area contributed by atoms with E-state index in [4.69, 9.17) is 16.0 Å². The van der Waals surface area contributed by atoms with E-state index >= 15 is 0 Å². The lowest BCUT2D eigenvalue weighted by molar-refractivity contribution is 0.0900. The Morgan fingerprint density at radius 3 is 2.81 bits per heavy atom. The van der Waals surface area contributed by atoms with Crippen LogP contribution in [0, 0.1) is 0 Å². The standard InChI is InChI=1S/C15H16ClNO4/c1-9(7-13(19)14-3-2-6-21-14)17-15(20)11-5-4-10(16)8-12(11)18/h2-6,8-9,13,18-19H,7H2,1H3,(H,17,20). The zero-order valence-corrected chi connectivity index (χ0v) is 12.2. The fourth-order valence-electron chi connectivity index (χ4n) is 1.99. The monoisotopic (exact) mass is 309 g/mol. The van der Waals surface area contributed by atoms with E-state index in [0.717, 1.165) is 0 Å². The van der Waals surface area contributed by atoms with Gasteiger partial charge in [-0.1, -0.05) is 11.6 Å². The van der Waals surface area contributed by atoms with Crippen LogP contribution in [0.15, 0.2) is 41.0 Å². The Morgan fingerprint density at radius 1 is 1.43 bits per heavy atom. The molecule has 112 valence electrons. The van der Waals surface area contributed by atoms with Crippen LogP contribution in [0.4, 0.5) is 0 Å². The van der Waals surface area contributed by atoms with E-state index in [-0.39, 0.29) is 17.4 Å². The summed E-state index contributed by atoms with van der Waals surface area (Å²) in [4.78, 5) is 12.0. The van der Waals surface area contributed by atoms with Gasteiger partial charge in [-0.3, -0.25) is 4.79 Å². The van der Waals surface area contributed by atoms with Crippen LogP contribution < -0.4 is 5.32 Å². The average Bonchev–Trinajstić information content (AvgIpc) is 2.91. The topological polar surface area (TPSA) is 82.7 Å². The number of rotatable bonds is 5. The van der Waals surface area contributed by atoms with Crippen LogP contribution in [0.3, 0.4) is 0 Å². The van der Waals surface area contributed by atoms with Gasteiger partial charge in [0.25, 0.3) is 5.91 Å². The predicted molar refractivity (Wildman–Crippen MR) is 78.3 cm³/mol. The molecule has 0 fully saturated rings. The third-order valence-electron chi connectivity index (χ3n) is 3.03. The molecule has 0 spiro atoms. The quantitative estimate of drug-likeness (QED) is 0.793. The summed E-state index contributed by atoms with van der Waals surface area (Å²) in [5.41, 5.74) is 0.138. The fraction of sp³-hybridized carbons (Fsp3) is 0.267. The van der Waals surface area contributed by atoms with E-state index in [9.17, 15) is 15.0 Å². The van der Waals surface area contributed by atoms with Gasteiger partial charge in [-0.25, -0.2) is 0 Å². The molecule has 0 aliphatic rings. The number of carbonyl (C=O) groups is 1. The molecule has 0 saturated carbocycles. The van der Waals surface area contributed by atoms with Crippen LogP contribution in [-0.4, -0.2) is 22.2 Å². The third kappa shape index (κ3) is 4.00. The summed E-state index contributed by atoms with van der Waals surface area (Å²) in [6.07, 6.45) is 0.982. The molecule has 1 amide bonds. The van der Waals surface area contributed by atoms with Gasteiger partial charge in [0, 0.05) is 17.5 Å². The highest BCUT2D eigenvalue weighted by Gasteiger charge is 2.18. The molecule has 1 aromatic heterocycles. The van der Waals surface area contributed by atoms with Gasteiger partial charge in [-0.2, -0.15) is 0 Å². The molecule has 0 saturated heterocycles. The first-order chi connectivity index (χ1) is 9.97. The minimum atomic E-state index is -0.797. The van der Waals surface area contributed by atoms with Gasteiger partial charge in [0.1, 0.15) is 17.6 Å². The van der Waals surface area contributed by atoms with Gasteiger partial charge in [0.15, 0.2) is 0 Å². The average molecular weight is 310 g/mol.